The van der Waals surface area contributed by atoms with E-state index in [9.17, 15) is 18.0 Å². The molecular weight excluding hydrogens is 309 g/mol. The Kier molecular flexibility index (Phi) is 5.43. The molecule has 5 nitrogen and oxygen atoms in total. The van der Waals surface area contributed by atoms with Crippen molar-refractivity contribution in [1.82, 2.24) is 20.1 Å². The van der Waals surface area contributed by atoms with Crippen LogP contribution in [0.3, 0.4) is 0 Å². The molecule has 0 saturated carbocycles. The van der Waals surface area contributed by atoms with Crippen LogP contribution in [0.1, 0.15) is 44.3 Å². The van der Waals surface area contributed by atoms with Gasteiger partial charge in [0.2, 0.25) is 5.91 Å². The molecule has 1 N–H and O–H groups in total. The monoisotopic (exact) mass is 330 g/mol. The standard InChI is InChI=1S/C15H21F3N4O/c1-10(2)14-19-12(20-21-14)9-11-4-7-22(8-5-11)13(23)3-6-15(16,17)18/h3,6,10-11H,4-5,7-9H2,1-2H3,(H,19,20,21)/b6-3+. The first-order valence-electron chi connectivity index (χ1n) is 7.70. The van der Waals surface area contributed by atoms with Gasteiger partial charge in [-0.3, -0.25) is 9.89 Å². The summed E-state index contributed by atoms with van der Waals surface area (Å²) in [5.41, 5.74) is 0. The quantitative estimate of drug-likeness (QED) is 0.864. The minimum absolute atomic E-state index is 0.0105. The van der Waals surface area contributed by atoms with Gasteiger partial charge in [0.25, 0.3) is 0 Å². The number of nitrogens with one attached hydrogen (secondary N) is 1. The van der Waals surface area contributed by atoms with Crippen molar-refractivity contribution in [2.75, 3.05) is 13.1 Å². The number of H-pyrrole nitrogens is 1. The maximum atomic E-state index is 12.1. The van der Waals surface area contributed by atoms with Crippen LogP contribution in [-0.2, 0) is 11.2 Å². The second kappa shape index (κ2) is 7.14. The normalized spacial score (nSPS) is 17.4. The van der Waals surface area contributed by atoms with Crippen molar-refractivity contribution in [1.29, 1.82) is 0 Å². The number of likely N-dealkylation sites (tertiary alicyclic amines) is 1. The molecule has 0 atom stereocenters. The molecule has 0 unspecified atom stereocenters. The zero-order chi connectivity index (χ0) is 17.0. The first kappa shape index (κ1) is 17.5. The molecule has 1 amide bonds. The molecule has 1 fully saturated rings. The van der Waals surface area contributed by atoms with Gasteiger partial charge in [-0.2, -0.15) is 18.3 Å². The van der Waals surface area contributed by atoms with Crippen molar-refractivity contribution >= 4 is 5.91 Å². The van der Waals surface area contributed by atoms with Crippen molar-refractivity contribution in [2.24, 2.45) is 5.92 Å². The number of nitrogens with zero attached hydrogens (tertiary/aromatic N) is 3. The van der Waals surface area contributed by atoms with Crippen LogP contribution in [0, 0.1) is 5.92 Å². The number of halogens is 3. The molecule has 1 aliphatic heterocycles. The summed E-state index contributed by atoms with van der Waals surface area (Å²) < 4.78 is 36.2. The zero-order valence-corrected chi connectivity index (χ0v) is 13.2. The number of aromatic nitrogens is 3. The Morgan fingerprint density at radius 1 is 1.39 bits per heavy atom. The topological polar surface area (TPSA) is 61.9 Å². The van der Waals surface area contributed by atoms with Crippen LogP contribution < -0.4 is 0 Å². The van der Waals surface area contributed by atoms with Crippen LogP contribution in [0.5, 0.6) is 0 Å². The summed E-state index contributed by atoms with van der Waals surface area (Å²) in [6, 6.07) is 0. The smallest absolute Gasteiger partial charge is 0.339 e. The van der Waals surface area contributed by atoms with Gasteiger partial charge in [-0.25, -0.2) is 4.98 Å². The lowest BCUT2D eigenvalue weighted by molar-refractivity contribution is -0.128. The molecule has 0 bridgehead atoms. The highest BCUT2D eigenvalue weighted by molar-refractivity contribution is 5.87. The van der Waals surface area contributed by atoms with E-state index in [1.54, 1.807) is 0 Å². The Labute approximate surface area is 133 Å². The summed E-state index contributed by atoms with van der Waals surface area (Å²) in [6.07, 6.45) is -1.60. The third-order valence-electron chi connectivity index (χ3n) is 3.89. The van der Waals surface area contributed by atoms with Crippen LogP contribution in [-0.4, -0.2) is 45.3 Å². The van der Waals surface area contributed by atoms with Gasteiger partial charge < -0.3 is 4.90 Å². The first-order valence-corrected chi connectivity index (χ1v) is 7.70. The minimum Gasteiger partial charge on any atom is -0.339 e. The molecule has 23 heavy (non-hydrogen) atoms. The van der Waals surface area contributed by atoms with Crippen molar-refractivity contribution < 1.29 is 18.0 Å². The van der Waals surface area contributed by atoms with Gasteiger partial charge >= 0.3 is 6.18 Å². The summed E-state index contributed by atoms with van der Waals surface area (Å²) in [5.74, 6) is 1.65. The van der Waals surface area contributed by atoms with Gasteiger partial charge in [0.1, 0.15) is 5.82 Å². The third kappa shape index (κ3) is 5.37. The van der Waals surface area contributed by atoms with Crippen molar-refractivity contribution in [3.63, 3.8) is 0 Å². The summed E-state index contributed by atoms with van der Waals surface area (Å²) in [7, 11) is 0. The second-order valence-corrected chi connectivity index (χ2v) is 6.14. The molecular formula is C15H21F3N4O. The minimum atomic E-state index is -4.45. The average molecular weight is 330 g/mol. The number of aromatic amines is 1. The fraction of sp³-hybridized carbons (Fsp3) is 0.667. The molecule has 128 valence electrons. The summed E-state index contributed by atoms with van der Waals surface area (Å²) in [5, 5.41) is 7.08. The summed E-state index contributed by atoms with van der Waals surface area (Å²) in [4.78, 5) is 17.6. The van der Waals surface area contributed by atoms with Crippen molar-refractivity contribution in [3.05, 3.63) is 23.8 Å². The lowest BCUT2D eigenvalue weighted by atomic mass is 9.93. The van der Waals surface area contributed by atoms with Crippen molar-refractivity contribution in [2.45, 2.75) is 45.2 Å². The number of hydrogen-bond donors (Lipinski definition) is 1. The van der Waals surface area contributed by atoms with E-state index in [4.69, 9.17) is 0 Å². The van der Waals surface area contributed by atoms with Crippen molar-refractivity contribution in [3.8, 4) is 0 Å². The zero-order valence-electron chi connectivity index (χ0n) is 13.2. The van der Waals surface area contributed by atoms with Crippen LogP contribution in [0.2, 0.25) is 0 Å². The van der Waals surface area contributed by atoms with E-state index >= 15 is 0 Å². The molecule has 1 aromatic heterocycles. The number of carbonyl (C=O) groups is 1. The van der Waals surface area contributed by atoms with E-state index in [-0.39, 0.29) is 12.0 Å². The average Bonchev–Trinajstić information content (AvgIpc) is 2.93. The maximum absolute atomic E-state index is 12.1. The van der Waals surface area contributed by atoms with E-state index in [1.165, 1.54) is 4.90 Å². The number of carbonyl (C=O) groups excluding carboxylic acids is 1. The van der Waals surface area contributed by atoms with Crippen LogP contribution in [0.15, 0.2) is 12.2 Å². The number of alkyl halides is 3. The number of rotatable bonds is 4. The number of hydrogen-bond acceptors (Lipinski definition) is 3. The first-order chi connectivity index (χ1) is 10.7. The van der Waals surface area contributed by atoms with Gasteiger partial charge in [-0.15, -0.1) is 0 Å². The highest BCUT2D eigenvalue weighted by atomic mass is 19.4. The number of allylic oxidation sites excluding steroid dienone is 1. The summed E-state index contributed by atoms with van der Waals surface area (Å²) in [6.45, 7) is 4.98. The van der Waals surface area contributed by atoms with E-state index < -0.39 is 12.1 Å². The predicted octanol–water partition coefficient (Wildman–Crippen LogP) is 2.83. The molecule has 0 spiro atoms. The second-order valence-electron chi connectivity index (χ2n) is 6.14. The van der Waals surface area contributed by atoms with E-state index in [1.807, 2.05) is 13.8 Å². The van der Waals surface area contributed by atoms with E-state index in [0.29, 0.717) is 25.1 Å². The molecule has 8 heteroatoms. The van der Waals surface area contributed by atoms with Crippen LogP contribution in [0.25, 0.3) is 0 Å². The lowest BCUT2D eigenvalue weighted by Crippen LogP contribution is -2.38. The molecule has 1 aliphatic rings. The fourth-order valence-electron chi connectivity index (χ4n) is 2.56. The number of piperidine rings is 1. The van der Waals surface area contributed by atoms with E-state index in [0.717, 1.165) is 30.9 Å². The molecule has 1 aromatic rings. The Bertz CT molecular complexity index is 557. The van der Waals surface area contributed by atoms with Gasteiger partial charge in [0.05, 0.1) is 0 Å². The molecule has 0 radical (unpaired) electrons. The molecule has 2 heterocycles. The molecule has 0 aromatic carbocycles. The SMILES string of the molecule is CC(C)c1n[nH]c(CC2CCN(C(=O)/C=C/C(F)(F)F)CC2)n1. The highest BCUT2D eigenvalue weighted by Gasteiger charge is 2.26. The van der Waals surface area contributed by atoms with Gasteiger partial charge in [-0.05, 0) is 18.8 Å². The molecule has 1 saturated heterocycles. The van der Waals surface area contributed by atoms with Crippen LogP contribution >= 0.6 is 0 Å². The Hall–Kier alpha value is -1.86. The lowest BCUT2D eigenvalue weighted by Gasteiger charge is -2.31. The maximum Gasteiger partial charge on any atom is 0.409 e. The Morgan fingerprint density at radius 2 is 2.04 bits per heavy atom. The number of amides is 1. The largest absolute Gasteiger partial charge is 0.409 e. The summed E-state index contributed by atoms with van der Waals surface area (Å²) >= 11 is 0. The predicted molar refractivity (Wildman–Crippen MR) is 78.7 cm³/mol. The molecule has 2 rings (SSSR count). The molecule has 0 aliphatic carbocycles. The Morgan fingerprint density at radius 3 is 2.57 bits per heavy atom. The third-order valence-corrected chi connectivity index (χ3v) is 3.89. The van der Waals surface area contributed by atoms with E-state index in [2.05, 4.69) is 15.2 Å². The Balaban J connectivity index is 1.81. The van der Waals surface area contributed by atoms with Crippen LogP contribution in [0.4, 0.5) is 13.2 Å². The highest BCUT2D eigenvalue weighted by Crippen LogP contribution is 2.22. The van der Waals surface area contributed by atoms with Gasteiger partial charge in [-0.1, -0.05) is 13.8 Å². The van der Waals surface area contributed by atoms with Gasteiger partial charge in [0.15, 0.2) is 5.82 Å². The van der Waals surface area contributed by atoms with Gasteiger partial charge in [0, 0.05) is 37.6 Å². The fourth-order valence-corrected chi connectivity index (χ4v) is 2.56.